The number of hydrogen-bond donors (Lipinski definition) is 2. The average Bonchev–Trinajstić information content (AvgIpc) is 2.48. The molecule has 1 aliphatic carbocycles. The Morgan fingerprint density at radius 1 is 1.35 bits per heavy atom. The van der Waals surface area contributed by atoms with Crippen molar-refractivity contribution in [3.05, 3.63) is 35.9 Å². The van der Waals surface area contributed by atoms with Crippen molar-refractivity contribution in [2.45, 2.75) is 49.4 Å². The number of thioether (sulfide) groups is 1. The number of carbonyl (C=O) groups is 1. The summed E-state index contributed by atoms with van der Waals surface area (Å²) in [5.74, 6) is 0.0762. The molecule has 110 valence electrons. The lowest BCUT2D eigenvalue weighted by Gasteiger charge is -2.31. The molecule has 0 radical (unpaired) electrons. The quantitative estimate of drug-likeness (QED) is 0.877. The topological polar surface area (TPSA) is 55.1 Å². The van der Waals surface area contributed by atoms with E-state index in [-0.39, 0.29) is 11.9 Å². The molecule has 0 aromatic heterocycles. The molecule has 2 rings (SSSR count). The van der Waals surface area contributed by atoms with Crippen molar-refractivity contribution in [1.82, 2.24) is 5.32 Å². The van der Waals surface area contributed by atoms with E-state index in [2.05, 4.69) is 11.6 Å². The van der Waals surface area contributed by atoms with Gasteiger partial charge in [0.05, 0.1) is 0 Å². The average molecular weight is 292 g/mol. The first-order chi connectivity index (χ1) is 9.70. The molecule has 1 aliphatic rings. The minimum Gasteiger partial charge on any atom is -0.352 e. The van der Waals surface area contributed by atoms with Gasteiger partial charge in [-0.2, -0.15) is 11.8 Å². The lowest BCUT2D eigenvalue weighted by atomic mass is 9.94. The van der Waals surface area contributed by atoms with Crippen molar-refractivity contribution in [2.75, 3.05) is 6.26 Å². The molecule has 0 aliphatic heterocycles. The molecular formula is C16H24N2OS. The maximum Gasteiger partial charge on any atom is 0.222 e. The molecule has 20 heavy (non-hydrogen) atoms. The van der Waals surface area contributed by atoms with Gasteiger partial charge >= 0.3 is 0 Å². The van der Waals surface area contributed by atoms with Crippen molar-refractivity contribution in [1.29, 1.82) is 0 Å². The van der Waals surface area contributed by atoms with Gasteiger partial charge in [0.15, 0.2) is 0 Å². The summed E-state index contributed by atoms with van der Waals surface area (Å²) in [4.78, 5) is 12.2. The second-order valence-electron chi connectivity index (χ2n) is 5.45. The number of carbonyl (C=O) groups excluding carboxylic acids is 1. The van der Waals surface area contributed by atoms with Gasteiger partial charge in [-0.3, -0.25) is 4.79 Å². The lowest BCUT2D eigenvalue weighted by Crippen LogP contribution is -2.44. The molecule has 1 aromatic rings. The monoisotopic (exact) mass is 292 g/mol. The third-order valence-corrected chi connectivity index (χ3v) is 5.15. The van der Waals surface area contributed by atoms with Gasteiger partial charge in [0.1, 0.15) is 0 Å². The van der Waals surface area contributed by atoms with Gasteiger partial charge in [-0.05, 0) is 24.7 Å². The Balaban J connectivity index is 1.85. The number of amides is 1. The fraction of sp³-hybridized carbons (Fsp3) is 0.562. The molecule has 1 amide bonds. The summed E-state index contributed by atoms with van der Waals surface area (Å²) >= 11 is 1.87. The zero-order valence-electron chi connectivity index (χ0n) is 12.0. The number of benzene rings is 1. The fourth-order valence-corrected chi connectivity index (χ4v) is 3.76. The number of rotatable bonds is 5. The summed E-state index contributed by atoms with van der Waals surface area (Å²) in [5.41, 5.74) is 7.12. The van der Waals surface area contributed by atoms with Gasteiger partial charge in [0, 0.05) is 23.8 Å². The number of hydrogen-bond acceptors (Lipinski definition) is 3. The third-order valence-electron chi connectivity index (χ3n) is 3.98. The zero-order valence-corrected chi connectivity index (χ0v) is 12.9. The molecule has 3 atom stereocenters. The first-order valence-corrected chi connectivity index (χ1v) is 8.62. The molecule has 4 heteroatoms. The second-order valence-corrected chi connectivity index (χ2v) is 6.53. The van der Waals surface area contributed by atoms with E-state index < -0.39 is 0 Å². The largest absolute Gasteiger partial charge is 0.352 e. The van der Waals surface area contributed by atoms with Crippen LogP contribution in [0.15, 0.2) is 30.3 Å². The highest BCUT2D eigenvalue weighted by atomic mass is 32.2. The zero-order chi connectivity index (χ0) is 14.4. The van der Waals surface area contributed by atoms with Gasteiger partial charge in [-0.25, -0.2) is 0 Å². The summed E-state index contributed by atoms with van der Waals surface area (Å²) in [7, 11) is 0. The van der Waals surface area contributed by atoms with Crippen LogP contribution < -0.4 is 11.1 Å². The lowest BCUT2D eigenvalue weighted by molar-refractivity contribution is -0.122. The minimum absolute atomic E-state index is 0.0762. The van der Waals surface area contributed by atoms with E-state index in [4.69, 9.17) is 5.73 Å². The molecule has 0 saturated heterocycles. The van der Waals surface area contributed by atoms with E-state index in [1.807, 2.05) is 42.1 Å². The van der Waals surface area contributed by atoms with E-state index in [0.29, 0.717) is 17.7 Å². The van der Waals surface area contributed by atoms with Gasteiger partial charge < -0.3 is 11.1 Å². The summed E-state index contributed by atoms with van der Waals surface area (Å²) in [5, 5.41) is 3.74. The highest BCUT2D eigenvalue weighted by Gasteiger charge is 2.26. The summed E-state index contributed by atoms with van der Waals surface area (Å²) in [6.45, 7) is 0. The first kappa shape index (κ1) is 15.4. The van der Waals surface area contributed by atoms with Crippen LogP contribution in [0.1, 0.15) is 43.7 Å². The van der Waals surface area contributed by atoms with Crippen LogP contribution in [0.4, 0.5) is 0 Å². The standard InChI is InChI=1S/C16H24N2OS/c1-20-15-10-6-5-9-14(15)18-16(19)11-13(17)12-7-3-2-4-8-12/h2-4,7-8,13-15H,5-6,9-11,17H2,1H3,(H,18,19). The minimum atomic E-state index is -0.215. The molecule has 3 nitrogen and oxygen atoms in total. The van der Waals surface area contributed by atoms with Crippen LogP contribution in [-0.4, -0.2) is 23.5 Å². The highest BCUT2D eigenvalue weighted by Crippen LogP contribution is 2.27. The highest BCUT2D eigenvalue weighted by molar-refractivity contribution is 7.99. The van der Waals surface area contributed by atoms with Crippen molar-refractivity contribution in [2.24, 2.45) is 5.73 Å². The van der Waals surface area contributed by atoms with Gasteiger partial charge in [0.2, 0.25) is 5.91 Å². The van der Waals surface area contributed by atoms with Gasteiger partial charge in [0.25, 0.3) is 0 Å². The predicted octanol–water partition coefficient (Wildman–Crippen LogP) is 2.87. The van der Waals surface area contributed by atoms with Crippen LogP contribution in [0.2, 0.25) is 0 Å². The van der Waals surface area contributed by atoms with E-state index in [0.717, 1.165) is 12.0 Å². The molecule has 0 heterocycles. The van der Waals surface area contributed by atoms with Crippen molar-refractivity contribution in [3.8, 4) is 0 Å². The van der Waals surface area contributed by atoms with Crippen LogP contribution >= 0.6 is 11.8 Å². The third kappa shape index (κ3) is 4.25. The Labute approximate surface area is 125 Å². The molecular weight excluding hydrogens is 268 g/mol. The van der Waals surface area contributed by atoms with Crippen molar-refractivity contribution >= 4 is 17.7 Å². The summed E-state index contributed by atoms with van der Waals surface area (Å²) in [6.07, 6.45) is 7.29. The maximum absolute atomic E-state index is 12.2. The summed E-state index contributed by atoms with van der Waals surface area (Å²) in [6, 6.07) is 9.92. The molecule has 3 N–H and O–H groups in total. The first-order valence-electron chi connectivity index (χ1n) is 7.33. The Hall–Kier alpha value is -1.00. The Bertz CT molecular complexity index is 424. The Kier molecular flexibility index (Phi) is 5.92. The van der Waals surface area contributed by atoms with Crippen LogP contribution in [0.3, 0.4) is 0 Å². The summed E-state index contributed by atoms with van der Waals surface area (Å²) < 4.78 is 0. The number of nitrogens with one attached hydrogen (secondary N) is 1. The molecule has 1 fully saturated rings. The van der Waals surface area contributed by atoms with Crippen molar-refractivity contribution in [3.63, 3.8) is 0 Å². The molecule has 0 bridgehead atoms. The van der Waals surface area contributed by atoms with Gasteiger partial charge in [-0.15, -0.1) is 0 Å². The van der Waals surface area contributed by atoms with Crippen LogP contribution in [0.25, 0.3) is 0 Å². The second kappa shape index (κ2) is 7.70. The van der Waals surface area contributed by atoms with Crippen LogP contribution in [0, 0.1) is 0 Å². The molecule has 0 spiro atoms. The Morgan fingerprint density at radius 3 is 2.75 bits per heavy atom. The van der Waals surface area contributed by atoms with Crippen molar-refractivity contribution < 1.29 is 4.79 Å². The van der Waals surface area contributed by atoms with E-state index in [9.17, 15) is 4.79 Å². The Morgan fingerprint density at radius 2 is 2.05 bits per heavy atom. The van der Waals surface area contributed by atoms with Crippen LogP contribution in [-0.2, 0) is 4.79 Å². The van der Waals surface area contributed by atoms with Gasteiger partial charge in [-0.1, -0.05) is 43.2 Å². The van der Waals surface area contributed by atoms with E-state index >= 15 is 0 Å². The maximum atomic E-state index is 12.2. The number of nitrogens with two attached hydrogens (primary N) is 1. The smallest absolute Gasteiger partial charge is 0.222 e. The van der Waals surface area contributed by atoms with E-state index in [1.165, 1.54) is 19.3 Å². The van der Waals surface area contributed by atoms with Crippen LogP contribution in [0.5, 0.6) is 0 Å². The predicted molar refractivity (Wildman–Crippen MR) is 85.7 cm³/mol. The normalized spacial score (nSPS) is 24.1. The molecule has 1 saturated carbocycles. The fourth-order valence-electron chi connectivity index (χ4n) is 2.83. The molecule has 1 aromatic carbocycles. The molecule has 3 unspecified atom stereocenters. The van der Waals surface area contributed by atoms with E-state index in [1.54, 1.807) is 0 Å². The SMILES string of the molecule is CSC1CCCCC1NC(=O)CC(N)c1ccccc1.